The lowest BCUT2D eigenvalue weighted by atomic mass is 9.96. The van der Waals surface area contributed by atoms with Crippen molar-refractivity contribution in [1.29, 1.82) is 0 Å². The second-order valence-electron chi connectivity index (χ2n) is 4.27. The molecule has 0 bridgehead atoms. The third-order valence-electron chi connectivity index (χ3n) is 2.61. The summed E-state index contributed by atoms with van der Waals surface area (Å²) in [6.07, 6.45) is 0.889. The number of nitrogens with one attached hydrogen (secondary N) is 1. The molecule has 0 fully saturated rings. The van der Waals surface area contributed by atoms with Crippen LogP contribution in [0.2, 0.25) is 0 Å². The van der Waals surface area contributed by atoms with Crippen LogP contribution in [0.15, 0.2) is 30.4 Å². The van der Waals surface area contributed by atoms with Crippen LogP contribution in [0.4, 0.5) is 4.39 Å². The van der Waals surface area contributed by atoms with Gasteiger partial charge in [-0.2, -0.15) is 0 Å². The van der Waals surface area contributed by atoms with Crippen LogP contribution >= 0.6 is 0 Å². The number of rotatable bonds is 5. The van der Waals surface area contributed by atoms with Crippen molar-refractivity contribution >= 4 is 0 Å². The molecule has 0 aliphatic carbocycles. The van der Waals surface area contributed by atoms with Crippen LogP contribution in [0.1, 0.15) is 37.4 Å². The van der Waals surface area contributed by atoms with E-state index in [-0.39, 0.29) is 11.9 Å². The fourth-order valence-corrected chi connectivity index (χ4v) is 1.92. The molecule has 0 aliphatic rings. The van der Waals surface area contributed by atoms with Gasteiger partial charge < -0.3 is 5.32 Å². The molecule has 1 rings (SSSR count). The Labute approximate surface area is 97.4 Å². The molecule has 16 heavy (non-hydrogen) atoms. The Morgan fingerprint density at radius 1 is 1.50 bits per heavy atom. The first-order chi connectivity index (χ1) is 7.54. The predicted octanol–water partition coefficient (Wildman–Crippen LogP) is 3.75. The molecule has 0 spiro atoms. The highest BCUT2D eigenvalue weighted by Crippen LogP contribution is 2.23. The van der Waals surface area contributed by atoms with Gasteiger partial charge in [-0.25, -0.2) is 4.39 Å². The molecule has 1 aromatic carbocycles. The zero-order valence-corrected chi connectivity index (χ0v) is 10.3. The Morgan fingerprint density at radius 2 is 2.19 bits per heavy atom. The summed E-state index contributed by atoms with van der Waals surface area (Å²) >= 11 is 0. The number of hydrogen-bond donors (Lipinski definition) is 1. The van der Waals surface area contributed by atoms with Gasteiger partial charge in [0.2, 0.25) is 0 Å². The van der Waals surface area contributed by atoms with E-state index in [4.69, 9.17) is 0 Å². The molecule has 1 unspecified atom stereocenters. The van der Waals surface area contributed by atoms with E-state index in [0.717, 1.165) is 29.7 Å². The van der Waals surface area contributed by atoms with Gasteiger partial charge in [0.1, 0.15) is 5.82 Å². The SMILES string of the molecule is C=C(C)CC(NCC)c1ccc(F)cc1C. The van der Waals surface area contributed by atoms with Gasteiger partial charge in [-0.05, 0) is 50.1 Å². The molecule has 88 valence electrons. The van der Waals surface area contributed by atoms with Gasteiger partial charge in [0.05, 0.1) is 0 Å². The summed E-state index contributed by atoms with van der Waals surface area (Å²) < 4.78 is 13.0. The second kappa shape index (κ2) is 5.80. The van der Waals surface area contributed by atoms with Crippen LogP contribution in [0.3, 0.4) is 0 Å². The highest BCUT2D eigenvalue weighted by atomic mass is 19.1. The van der Waals surface area contributed by atoms with E-state index in [9.17, 15) is 4.39 Å². The Bertz CT molecular complexity index is 371. The first-order valence-electron chi connectivity index (χ1n) is 5.68. The van der Waals surface area contributed by atoms with Crippen molar-refractivity contribution in [3.8, 4) is 0 Å². The fourth-order valence-electron chi connectivity index (χ4n) is 1.92. The molecule has 0 saturated heterocycles. The summed E-state index contributed by atoms with van der Waals surface area (Å²) in [6, 6.07) is 5.20. The number of aryl methyl sites for hydroxylation is 1. The summed E-state index contributed by atoms with van der Waals surface area (Å²) in [5.74, 6) is -0.174. The lowest BCUT2D eigenvalue weighted by molar-refractivity contribution is 0.543. The zero-order valence-electron chi connectivity index (χ0n) is 10.3. The summed E-state index contributed by atoms with van der Waals surface area (Å²) in [4.78, 5) is 0. The molecule has 1 nitrogen and oxygen atoms in total. The largest absolute Gasteiger partial charge is 0.310 e. The van der Waals surface area contributed by atoms with Crippen molar-refractivity contribution < 1.29 is 4.39 Å². The van der Waals surface area contributed by atoms with Crippen LogP contribution < -0.4 is 5.32 Å². The van der Waals surface area contributed by atoms with Crippen molar-refractivity contribution in [2.75, 3.05) is 6.54 Å². The average molecular weight is 221 g/mol. The molecule has 0 heterocycles. The lowest BCUT2D eigenvalue weighted by Crippen LogP contribution is -2.22. The summed E-state index contributed by atoms with van der Waals surface area (Å²) in [6.45, 7) is 10.9. The minimum atomic E-state index is -0.174. The van der Waals surface area contributed by atoms with E-state index in [2.05, 4.69) is 18.8 Å². The van der Waals surface area contributed by atoms with Crippen LogP contribution in [-0.2, 0) is 0 Å². The maximum Gasteiger partial charge on any atom is 0.123 e. The van der Waals surface area contributed by atoms with E-state index in [1.54, 1.807) is 6.07 Å². The number of benzene rings is 1. The molecule has 0 aliphatic heterocycles. The van der Waals surface area contributed by atoms with Crippen LogP contribution in [0.25, 0.3) is 0 Å². The van der Waals surface area contributed by atoms with E-state index >= 15 is 0 Å². The molecule has 1 N–H and O–H groups in total. The maximum absolute atomic E-state index is 13.0. The lowest BCUT2D eigenvalue weighted by Gasteiger charge is -2.20. The molecule has 1 aromatic rings. The molecule has 0 amide bonds. The summed E-state index contributed by atoms with van der Waals surface area (Å²) in [7, 11) is 0. The number of hydrogen-bond acceptors (Lipinski definition) is 1. The molecular weight excluding hydrogens is 201 g/mol. The van der Waals surface area contributed by atoms with Crippen molar-refractivity contribution in [3.63, 3.8) is 0 Å². The molecule has 1 atom stereocenters. The minimum absolute atomic E-state index is 0.174. The predicted molar refractivity (Wildman–Crippen MR) is 67.0 cm³/mol. The van der Waals surface area contributed by atoms with Gasteiger partial charge in [0.15, 0.2) is 0 Å². The van der Waals surface area contributed by atoms with Gasteiger partial charge in [0, 0.05) is 6.04 Å². The van der Waals surface area contributed by atoms with Crippen LogP contribution in [-0.4, -0.2) is 6.54 Å². The highest BCUT2D eigenvalue weighted by molar-refractivity contribution is 5.30. The monoisotopic (exact) mass is 221 g/mol. The molecule has 0 radical (unpaired) electrons. The van der Waals surface area contributed by atoms with Gasteiger partial charge in [0.25, 0.3) is 0 Å². The topological polar surface area (TPSA) is 12.0 Å². The van der Waals surface area contributed by atoms with E-state index < -0.39 is 0 Å². The van der Waals surface area contributed by atoms with Crippen molar-refractivity contribution in [3.05, 3.63) is 47.3 Å². The standard InChI is InChI=1S/C14H20FN/c1-5-16-14(8-10(2)3)13-7-6-12(15)9-11(13)4/h6-7,9,14,16H,2,5,8H2,1,3-4H3. The smallest absolute Gasteiger partial charge is 0.123 e. The molecule has 0 aromatic heterocycles. The average Bonchev–Trinajstić information content (AvgIpc) is 2.16. The van der Waals surface area contributed by atoms with Crippen molar-refractivity contribution in [2.45, 2.75) is 33.2 Å². The second-order valence-corrected chi connectivity index (χ2v) is 4.27. The molecular formula is C14H20FN. The first-order valence-corrected chi connectivity index (χ1v) is 5.68. The van der Waals surface area contributed by atoms with Gasteiger partial charge in [-0.3, -0.25) is 0 Å². The Morgan fingerprint density at radius 3 is 2.69 bits per heavy atom. The van der Waals surface area contributed by atoms with Crippen molar-refractivity contribution in [2.24, 2.45) is 0 Å². The summed E-state index contributed by atoms with van der Waals surface area (Å²) in [5, 5.41) is 3.41. The maximum atomic E-state index is 13.0. The molecule has 2 heteroatoms. The zero-order chi connectivity index (χ0) is 12.1. The normalized spacial score (nSPS) is 12.5. The fraction of sp³-hybridized carbons (Fsp3) is 0.429. The minimum Gasteiger partial charge on any atom is -0.310 e. The Balaban J connectivity index is 2.95. The first kappa shape index (κ1) is 12.9. The van der Waals surface area contributed by atoms with Gasteiger partial charge in [-0.1, -0.05) is 18.6 Å². The summed E-state index contributed by atoms with van der Waals surface area (Å²) in [5.41, 5.74) is 3.29. The Kier molecular flexibility index (Phi) is 4.69. The van der Waals surface area contributed by atoms with Crippen LogP contribution in [0, 0.1) is 12.7 Å². The number of halogens is 1. The van der Waals surface area contributed by atoms with Crippen LogP contribution in [0.5, 0.6) is 0 Å². The highest BCUT2D eigenvalue weighted by Gasteiger charge is 2.12. The van der Waals surface area contributed by atoms with E-state index in [0.29, 0.717) is 0 Å². The van der Waals surface area contributed by atoms with E-state index in [1.165, 1.54) is 6.07 Å². The van der Waals surface area contributed by atoms with Gasteiger partial charge >= 0.3 is 0 Å². The quantitative estimate of drug-likeness (QED) is 0.747. The van der Waals surface area contributed by atoms with E-state index in [1.807, 2.05) is 19.9 Å². The Hall–Kier alpha value is -1.15. The van der Waals surface area contributed by atoms with Gasteiger partial charge in [-0.15, -0.1) is 6.58 Å². The third-order valence-corrected chi connectivity index (χ3v) is 2.61. The third kappa shape index (κ3) is 3.46. The molecule has 0 saturated carbocycles. The van der Waals surface area contributed by atoms with Crippen molar-refractivity contribution in [1.82, 2.24) is 5.32 Å².